The molecule has 0 unspecified atom stereocenters. The molecule has 84 valence electrons. The monoisotopic (exact) mass is 198 g/mol. The average molecular weight is 198 g/mol. The molecule has 0 aromatic heterocycles. The van der Waals surface area contributed by atoms with E-state index < -0.39 is 0 Å². The number of rotatable bonds is 1. The van der Waals surface area contributed by atoms with E-state index >= 15 is 0 Å². The molecule has 1 fully saturated rings. The minimum atomic E-state index is 0.295. The Bertz CT molecular complexity index is 191. The van der Waals surface area contributed by atoms with Crippen LogP contribution in [0.3, 0.4) is 0 Å². The highest BCUT2D eigenvalue weighted by Crippen LogP contribution is 2.28. The maximum Gasteiger partial charge on any atom is 0.0285 e. The average Bonchev–Trinajstić information content (AvgIpc) is 1.99. The van der Waals surface area contributed by atoms with Gasteiger partial charge in [0, 0.05) is 30.7 Å². The van der Waals surface area contributed by atoms with E-state index in [2.05, 4.69) is 51.3 Å². The molecule has 0 atom stereocenters. The summed E-state index contributed by atoms with van der Waals surface area (Å²) in [4.78, 5) is 5.18. The number of piperazine rings is 1. The molecular weight excluding hydrogens is 172 g/mol. The molecule has 1 rings (SSSR count). The van der Waals surface area contributed by atoms with Crippen LogP contribution in [-0.4, -0.2) is 47.1 Å². The number of likely N-dealkylation sites (N-methyl/N-ethyl adjacent to an activating group) is 1. The molecule has 0 aromatic carbocycles. The highest BCUT2D eigenvalue weighted by atomic mass is 15.3. The van der Waals surface area contributed by atoms with Gasteiger partial charge in [0.05, 0.1) is 0 Å². The van der Waals surface area contributed by atoms with E-state index in [-0.39, 0.29) is 0 Å². The summed E-state index contributed by atoms with van der Waals surface area (Å²) in [5, 5.41) is 0. The number of hydrogen-bond donors (Lipinski definition) is 0. The summed E-state index contributed by atoms with van der Waals surface area (Å²) in [6.07, 6.45) is 0. The molecule has 1 heterocycles. The third-order valence-electron chi connectivity index (χ3n) is 3.24. The lowest BCUT2D eigenvalue weighted by Crippen LogP contribution is -2.64. The Morgan fingerprint density at radius 1 is 1.14 bits per heavy atom. The molecule has 0 aliphatic carbocycles. The summed E-state index contributed by atoms with van der Waals surface area (Å²) in [7, 11) is 0. The van der Waals surface area contributed by atoms with Gasteiger partial charge >= 0.3 is 0 Å². The van der Waals surface area contributed by atoms with Crippen LogP contribution in [0.1, 0.15) is 41.5 Å². The molecule has 1 aliphatic rings. The van der Waals surface area contributed by atoms with E-state index in [4.69, 9.17) is 0 Å². The van der Waals surface area contributed by atoms with Crippen molar-refractivity contribution >= 4 is 0 Å². The molecule has 0 N–H and O–H groups in total. The fourth-order valence-corrected chi connectivity index (χ4v) is 2.77. The third-order valence-corrected chi connectivity index (χ3v) is 3.24. The van der Waals surface area contributed by atoms with E-state index in [1.165, 1.54) is 26.2 Å². The molecule has 0 radical (unpaired) electrons. The Labute approximate surface area is 89.3 Å². The zero-order valence-electron chi connectivity index (χ0n) is 10.7. The minimum Gasteiger partial charge on any atom is -0.301 e. The van der Waals surface area contributed by atoms with Gasteiger partial charge in [0.1, 0.15) is 0 Å². The summed E-state index contributed by atoms with van der Waals surface area (Å²) < 4.78 is 0. The molecule has 0 amide bonds. The van der Waals surface area contributed by atoms with Crippen molar-refractivity contribution in [3.63, 3.8) is 0 Å². The van der Waals surface area contributed by atoms with Gasteiger partial charge in [-0.3, -0.25) is 4.90 Å². The van der Waals surface area contributed by atoms with Crippen LogP contribution in [0.2, 0.25) is 0 Å². The molecule has 0 aromatic rings. The second-order valence-electron chi connectivity index (χ2n) is 6.00. The standard InChI is InChI=1S/C12H26N2/c1-7-13-8-9-14(11(2,3)4)12(5,6)10-13/h7-10H2,1-6H3. The van der Waals surface area contributed by atoms with Crippen molar-refractivity contribution in [2.75, 3.05) is 26.2 Å². The van der Waals surface area contributed by atoms with Gasteiger partial charge in [0.2, 0.25) is 0 Å². The van der Waals surface area contributed by atoms with Crippen molar-refractivity contribution in [2.45, 2.75) is 52.6 Å². The Hall–Kier alpha value is -0.0800. The topological polar surface area (TPSA) is 6.48 Å². The van der Waals surface area contributed by atoms with Crippen molar-refractivity contribution in [1.29, 1.82) is 0 Å². The van der Waals surface area contributed by atoms with Crippen LogP contribution in [-0.2, 0) is 0 Å². The number of nitrogens with zero attached hydrogens (tertiary/aromatic N) is 2. The van der Waals surface area contributed by atoms with E-state index in [1.807, 2.05) is 0 Å². The molecule has 2 nitrogen and oxygen atoms in total. The number of hydrogen-bond acceptors (Lipinski definition) is 2. The fraction of sp³-hybridized carbons (Fsp3) is 1.00. The summed E-state index contributed by atoms with van der Waals surface area (Å²) >= 11 is 0. The summed E-state index contributed by atoms with van der Waals surface area (Å²) in [5.74, 6) is 0. The van der Waals surface area contributed by atoms with Crippen LogP contribution in [0.25, 0.3) is 0 Å². The van der Waals surface area contributed by atoms with Crippen LogP contribution in [0.15, 0.2) is 0 Å². The van der Waals surface area contributed by atoms with E-state index in [0.29, 0.717) is 11.1 Å². The summed E-state index contributed by atoms with van der Waals surface area (Å²) in [6.45, 7) is 18.7. The Kier molecular flexibility index (Phi) is 3.27. The van der Waals surface area contributed by atoms with Gasteiger partial charge in [0.15, 0.2) is 0 Å². The van der Waals surface area contributed by atoms with Crippen LogP contribution >= 0.6 is 0 Å². The predicted molar refractivity (Wildman–Crippen MR) is 62.7 cm³/mol. The fourth-order valence-electron chi connectivity index (χ4n) is 2.77. The van der Waals surface area contributed by atoms with Crippen molar-refractivity contribution in [3.05, 3.63) is 0 Å². The first-order valence-corrected chi connectivity index (χ1v) is 5.77. The Balaban J connectivity index is 2.73. The van der Waals surface area contributed by atoms with Crippen molar-refractivity contribution in [3.8, 4) is 0 Å². The molecule has 14 heavy (non-hydrogen) atoms. The molecule has 1 aliphatic heterocycles. The first kappa shape index (κ1) is 12.0. The lowest BCUT2D eigenvalue weighted by atomic mass is 9.91. The Morgan fingerprint density at radius 3 is 2.07 bits per heavy atom. The van der Waals surface area contributed by atoms with Gasteiger partial charge in [-0.15, -0.1) is 0 Å². The van der Waals surface area contributed by atoms with Crippen molar-refractivity contribution < 1.29 is 0 Å². The largest absolute Gasteiger partial charge is 0.301 e. The lowest BCUT2D eigenvalue weighted by molar-refractivity contribution is -0.0367. The van der Waals surface area contributed by atoms with E-state index in [9.17, 15) is 0 Å². The molecule has 0 bridgehead atoms. The first-order chi connectivity index (χ1) is 6.27. The molecular formula is C12H26N2. The highest BCUT2D eigenvalue weighted by Gasteiger charge is 2.38. The molecule has 0 spiro atoms. The maximum absolute atomic E-state index is 2.63. The van der Waals surface area contributed by atoms with Gasteiger partial charge in [-0.1, -0.05) is 6.92 Å². The van der Waals surface area contributed by atoms with Crippen LogP contribution in [0, 0.1) is 0 Å². The minimum absolute atomic E-state index is 0.295. The lowest BCUT2D eigenvalue weighted by Gasteiger charge is -2.53. The molecule has 2 heteroatoms. The van der Waals surface area contributed by atoms with Gasteiger partial charge < -0.3 is 4.90 Å². The third kappa shape index (κ3) is 2.48. The zero-order chi connectivity index (χ0) is 11.0. The normalized spacial score (nSPS) is 25.3. The SMILES string of the molecule is CCN1CCN(C(C)(C)C)C(C)(C)C1. The van der Waals surface area contributed by atoms with Gasteiger partial charge in [0.25, 0.3) is 0 Å². The van der Waals surface area contributed by atoms with Crippen molar-refractivity contribution in [1.82, 2.24) is 9.80 Å². The smallest absolute Gasteiger partial charge is 0.0285 e. The van der Waals surface area contributed by atoms with E-state index in [1.54, 1.807) is 0 Å². The molecule has 0 saturated carbocycles. The summed E-state index contributed by atoms with van der Waals surface area (Å²) in [6, 6.07) is 0. The van der Waals surface area contributed by atoms with Crippen LogP contribution < -0.4 is 0 Å². The van der Waals surface area contributed by atoms with Crippen LogP contribution in [0.4, 0.5) is 0 Å². The second kappa shape index (κ2) is 3.82. The van der Waals surface area contributed by atoms with Gasteiger partial charge in [-0.25, -0.2) is 0 Å². The van der Waals surface area contributed by atoms with Gasteiger partial charge in [-0.2, -0.15) is 0 Å². The van der Waals surface area contributed by atoms with Gasteiger partial charge in [-0.05, 0) is 41.2 Å². The van der Waals surface area contributed by atoms with Crippen LogP contribution in [0.5, 0.6) is 0 Å². The van der Waals surface area contributed by atoms with Crippen molar-refractivity contribution in [2.24, 2.45) is 0 Å². The highest BCUT2D eigenvalue weighted by molar-refractivity contribution is 4.95. The summed E-state index contributed by atoms with van der Waals surface area (Å²) in [5.41, 5.74) is 0.607. The second-order valence-corrected chi connectivity index (χ2v) is 6.00. The quantitative estimate of drug-likeness (QED) is 0.637. The zero-order valence-corrected chi connectivity index (χ0v) is 10.7. The van der Waals surface area contributed by atoms with E-state index in [0.717, 1.165) is 0 Å². The Morgan fingerprint density at radius 2 is 1.71 bits per heavy atom. The maximum atomic E-state index is 2.63. The molecule has 1 saturated heterocycles. The first-order valence-electron chi connectivity index (χ1n) is 5.77. The predicted octanol–water partition coefficient (Wildman–Crippen LogP) is 2.20.